The number of hydrogen-bond donors (Lipinski definition) is 2. The molecule has 2 N–H and O–H groups in total. The molecular weight excluding hydrogens is 260 g/mol. The SMILES string of the molecule is CN1CCC(CNC(=O)N2CCN(CC(=O)O)CC2)C1. The minimum atomic E-state index is -0.812. The van der Waals surface area contributed by atoms with Gasteiger partial charge in [-0.25, -0.2) is 4.79 Å². The average molecular weight is 284 g/mol. The van der Waals surface area contributed by atoms with Crippen LogP contribution >= 0.6 is 0 Å². The van der Waals surface area contributed by atoms with E-state index in [1.807, 2.05) is 4.90 Å². The van der Waals surface area contributed by atoms with Gasteiger partial charge in [-0.3, -0.25) is 9.69 Å². The molecule has 0 aliphatic carbocycles. The first kappa shape index (κ1) is 15.1. The van der Waals surface area contributed by atoms with E-state index in [-0.39, 0.29) is 12.6 Å². The van der Waals surface area contributed by atoms with E-state index in [0.29, 0.717) is 32.1 Å². The van der Waals surface area contributed by atoms with Crippen LogP contribution in [0.15, 0.2) is 0 Å². The van der Waals surface area contributed by atoms with Crippen LogP contribution in [0.2, 0.25) is 0 Å². The molecular formula is C13H24N4O3. The fourth-order valence-corrected chi connectivity index (χ4v) is 2.84. The van der Waals surface area contributed by atoms with Crippen molar-refractivity contribution in [2.45, 2.75) is 6.42 Å². The summed E-state index contributed by atoms with van der Waals surface area (Å²) in [6.07, 6.45) is 1.14. The van der Waals surface area contributed by atoms with Gasteiger partial charge in [0.15, 0.2) is 0 Å². The third kappa shape index (κ3) is 4.35. The Morgan fingerprint density at radius 3 is 2.45 bits per heavy atom. The predicted octanol–water partition coefficient (Wildman–Crippen LogP) is -0.650. The second-order valence-electron chi connectivity index (χ2n) is 5.76. The van der Waals surface area contributed by atoms with Gasteiger partial charge in [0.2, 0.25) is 0 Å². The Hall–Kier alpha value is -1.34. The zero-order chi connectivity index (χ0) is 14.5. The summed E-state index contributed by atoms with van der Waals surface area (Å²) in [6.45, 7) is 5.41. The summed E-state index contributed by atoms with van der Waals surface area (Å²) in [7, 11) is 2.10. The fourth-order valence-electron chi connectivity index (χ4n) is 2.84. The maximum atomic E-state index is 12.0. The topological polar surface area (TPSA) is 76.1 Å². The molecule has 0 bridgehead atoms. The molecule has 7 heteroatoms. The molecule has 1 atom stereocenters. The van der Waals surface area contributed by atoms with Gasteiger partial charge in [0.05, 0.1) is 6.54 Å². The molecule has 0 aromatic rings. The standard InChI is InChI=1S/C13H24N4O3/c1-15-3-2-11(9-15)8-14-13(20)17-6-4-16(5-7-17)10-12(18)19/h11H,2-10H2,1H3,(H,14,20)(H,18,19). The minimum absolute atomic E-state index is 0.0190. The highest BCUT2D eigenvalue weighted by Gasteiger charge is 2.24. The van der Waals surface area contributed by atoms with Gasteiger partial charge >= 0.3 is 12.0 Å². The molecule has 20 heavy (non-hydrogen) atoms. The second kappa shape index (κ2) is 6.90. The molecule has 2 heterocycles. The summed E-state index contributed by atoms with van der Waals surface area (Å²) in [6, 6.07) is -0.0190. The van der Waals surface area contributed by atoms with E-state index < -0.39 is 5.97 Å². The molecule has 2 amide bonds. The van der Waals surface area contributed by atoms with Crippen molar-refractivity contribution in [2.75, 3.05) is 59.4 Å². The lowest BCUT2D eigenvalue weighted by atomic mass is 10.1. The lowest BCUT2D eigenvalue weighted by Gasteiger charge is -2.34. The fraction of sp³-hybridized carbons (Fsp3) is 0.846. The van der Waals surface area contributed by atoms with Crippen LogP contribution in [0.3, 0.4) is 0 Å². The third-order valence-corrected chi connectivity index (χ3v) is 4.05. The highest BCUT2D eigenvalue weighted by molar-refractivity contribution is 5.74. The van der Waals surface area contributed by atoms with Crippen molar-refractivity contribution >= 4 is 12.0 Å². The van der Waals surface area contributed by atoms with E-state index in [4.69, 9.17) is 5.11 Å². The molecule has 2 fully saturated rings. The summed E-state index contributed by atoms with van der Waals surface area (Å²) in [5.41, 5.74) is 0. The van der Waals surface area contributed by atoms with Crippen LogP contribution < -0.4 is 5.32 Å². The monoisotopic (exact) mass is 284 g/mol. The third-order valence-electron chi connectivity index (χ3n) is 4.05. The molecule has 0 saturated carbocycles. The van der Waals surface area contributed by atoms with Crippen LogP contribution in [-0.2, 0) is 4.79 Å². The number of urea groups is 1. The van der Waals surface area contributed by atoms with Gasteiger partial charge in [-0.2, -0.15) is 0 Å². The highest BCUT2D eigenvalue weighted by atomic mass is 16.4. The number of carbonyl (C=O) groups is 2. The van der Waals surface area contributed by atoms with E-state index in [1.165, 1.54) is 0 Å². The zero-order valence-electron chi connectivity index (χ0n) is 12.0. The summed E-state index contributed by atoms with van der Waals surface area (Å²) in [4.78, 5) is 28.6. The van der Waals surface area contributed by atoms with Crippen molar-refractivity contribution in [3.8, 4) is 0 Å². The zero-order valence-corrected chi connectivity index (χ0v) is 12.0. The molecule has 0 aromatic carbocycles. The first-order chi connectivity index (χ1) is 9.54. The smallest absolute Gasteiger partial charge is 0.317 e. The van der Waals surface area contributed by atoms with Crippen molar-refractivity contribution in [3.63, 3.8) is 0 Å². The Labute approximate surface area is 119 Å². The lowest BCUT2D eigenvalue weighted by molar-refractivity contribution is -0.138. The number of amides is 2. The van der Waals surface area contributed by atoms with E-state index in [2.05, 4.69) is 17.3 Å². The average Bonchev–Trinajstić information content (AvgIpc) is 2.82. The normalized spacial score (nSPS) is 24.9. The number of hydrogen-bond acceptors (Lipinski definition) is 4. The quantitative estimate of drug-likeness (QED) is 0.717. The molecule has 114 valence electrons. The van der Waals surface area contributed by atoms with Crippen LogP contribution in [0, 0.1) is 5.92 Å². The first-order valence-electron chi connectivity index (χ1n) is 7.20. The number of aliphatic carboxylic acids is 1. The van der Waals surface area contributed by atoms with E-state index in [1.54, 1.807) is 4.90 Å². The van der Waals surface area contributed by atoms with Crippen LogP contribution in [0.25, 0.3) is 0 Å². The summed E-state index contributed by atoms with van der Waals surface area (Å²) >= 11 is 0. The number of nitrogens with zero attached hydrogens (tertiary/aromatic N) is 3. The van der Waals surface area contributed by atoms with Crippen molar-refractivity contribution in [1.82, 2.24) is 20.0 Å². The van der Waals surface area contributed by atoms with Crippen LogP contribution in [0.1, 0.15) is 6.42 Å². The molecule has 2 aliphatic rings. The van der Waals surface area contributed by atoms with Crippen LogP contribution in [-0.4, -0.2) is 91.2 Å². The number of rotatable bonds is 4. The van der Waals surface area contributed by atoms with Gasteiger partial charge in [-0.15, -0.1) is 0 Å². The van der Waals surface area contributed by atoms with E-state index in [9.17, 15) is 9.59 Å². The molecule has 7 nitrogen and oxygen atoms in total. The van der Waals surface area contributed by atoms with E-state index in [0.717, 1.165) is 26.1 Å². The molecule has 2 aliphatic heterocycles. The highest BCUT2D eigenvalue weighted by Crippen LogP contribution is 2.13. The Balaban J connectivity index is 1.65. The number of carbonyl (C=O) groups excluding carboxylic acids is 1. The molecule has 2 saturated heterocycles. The Kier molecular flexibility index (Phi) is 5.19. The minimum Gasteiger partial charge on any atom is -0.480 e. The second-order valence-corrected chi connectivity index (χ2v) is 5.76. The van der Waals surface area contributed by atoms with Gasteiger partial charge in [0.1, 0.15) is 0 Å². The van der Waals surface area contributed by atoms with Gasteiger partial charge in [0.25, 0.3) is 0 Å². The summed E-state index contributed by atoms with van der Waals surface area (Å²) < 4.78 is 0. The van der Waals surface area contributed by atoms with Crippen LogP contribution in [0.4, 0.5) is 4.79 Å². The first-order valence-corrected chi connectivity index (χ1v) is 7.20. The van der Waals surface area contributed by atoms with Crippen molar-refractivity contribution in [2.24, 2.45) is 5.92 Å². The van der Waals surface area contributed by atoms with Gasteiger partial charge < -0.3 is 20.2 Å². The largest absolute Gasteiger partial charge is 0.480 e. The molecule has 0 spiro atoms. The molecule has 2 rings (SSSR count). The van der Waals surface area contributed by atoms with Gasteiger partial charge in [-0.05, 0) is 25.9 Å². The maximum absolute atomic E-state index is 12.0. The number of piperazine rings is 1. The maximum Gasteiger partial charge on any atom is 0.317 e. The molecule has 0 radical (unpaired) electrons. The van der Waals surface area contributed by atoms with E-state index >= 15 is 0 Å². The number of carboxylic acid groups (broad SMARTS) is 1. The number of carboxylic acids is 1. The lowest BCUT2D eigenvalue weighted by Crippen LogP contribution is -2.53. The summed E-state index contributed by atoms with van der Waals surface area (Å²) in [5, 5.41) is 11.7. The molecule has 0 aromatic heterocycles. The van der Waals surface area contributed by atoms with Crippen molar-refractivity contribution in [1.29, 1.82) is 0 Å². The van der Waals surface area contributed by atoms with Crippen LogP contribution in [0.5, 0.6) is 0 Å². The number of nitrogens with one attached hydrogen (secondary N) is 1. The Morgan fingerprint density at radius 2 is 1.90 bits per heavy atom. The Morgan fingerprint density at radius 1 is 1.20 bits per heavy atom. The van der Waals surface area contributed by atoms with Crippen molar-refractivity contribution in [3.05, 3.63) is 0 Å². The number of likely N-dealkylation sites (tertiary alicyclic amines) is 1. The van der Waals surface area contributed by atoms with Gasteiger partial charge in [0, 0.05) is 39.3 Å². The Bertz CT molecular complexity index is 356. The summed E-state index contributed by atoms with van der Waals surface area (Å²) in [5.74, 6) is -0.259. The molecule has 1 unspecified atom stereocenters. The van der Waals surface area contributed by atoms with Crippen molar-refractivity contribution < 1.29 is 14.7 Å². The predicted molar refractivity (Wildman–Crippen MR) is 74.7 cm³/mol. The van der Waals surface area contributed by atoms with Gasteiger partial charge in [-0.1, -0.05) is 0 Å².